The Morgan fingerprint density at radius 3 is 2.35 bits per heavy atom. The quantitative estimate of drug-likeness (QED) is 0.850. The highest BCUT2D eigenvalue weighted by Crippen LogP contribution is 2.29. The third kappa shape index (κ3) is 4.09. The summed E-state index contributed by atoms with van der Waals surface area (Å²) in [6.45, 7) is -0.0122. The van der Waals surface area contributed by atoms with E-state index in [2.05, 4.69) is 5.32 Å². The van der Waals surface area contributed by atoms with Crippen LogP contribution in [-0.4, -0.2) is 17.3 Å². The van der Waals surface area contributed by atoms with Gasteiger partial charge in [-0.3, -0.25) is 9.59 Å². The highest BCUT2D eigenvalue weighted by Gasteiger charge is 2.29. The summed E-state index contributed by atoms with van der Waals surface area (Å²) in [6, 6.07) is 8.16. The van der Waals surface area contributed by atoms with Crippen LogP contribution in [-0.2, 0) is 12.7 Å². The lowest BCUT2D eigenvalue weighted by Gasteiger charge is -2.09. The van der Waals surface area contributed by atoms with Crippen molar-refractivity contribution < 1.29 is 27.9 Å². The fourth-order valence-electron chi connectivity index (χ4n) is 1.90. The predicted octanol–water partition coefficient (Wildman–Crippen LogP) is 3.15. The smallest absolute Gasteiger partial charge is 0.416 e. The Hall–Kier alpha value is -2.83. The molecule has 7 heteroatoms. The molecule has 0 fully saturated rings. The monoisotopic (exact) mass is 323 g/mol. The van der Waals surface area contributed by atoms with Gasteiger partial charge < -0.3 is 10.4 Å². The number of aromatic hydroxyl groups is 1. The maximum absolute atomic E-state index is 12.4. The Kier molecular flexibility index (Phi) is 4.68. The molecule has 0 radical (unpaired) electrons. The average molecular weight is 323 g/mol. The van der Waals surface area contributed by atoms with Crippen molar-refractivity contribution in [3.05, 3.63) is 64.7 Å². The van der Waals surface area contributed by atoms with Crippen LogP contribution in [0.25, 0.3) is 0 Å². The van der Waals surface area contributed by atoms with Crippen LogP contribution >= 0.6 is 0 Å². The van der Waals surface area contributed by atoms with Crippen molar-refractivity contribution >= 4 is 12.2 Å². The fraction of sp³-hybridized carbons (Fsp3) is 0.125. The third-order valence-corrected chi connectivity index (χ3v) is 3.14. The van der Waals surface area contributed by atoms with Crippen molar-refractivity contribution in [2.75, 3.05) is 0 Å². The first kappa shape index (κ1) is 16.5. The molecule has 2 aromatic rings. The van der Waals surface area contributed by atoms with Gasteiger partial charge >= 0.3 is 6.18 Å². The van der Waals surface area contributed by atoms with Gasteiger partial charge in [-0.05, 0) is 35.9 Å². The molecule has 0 spiro atoms. The summed E-state index contributed by atoms with van der Waals surface area (Å²) in [5.41, 5.74) is -0.162. The molecule has 4 nitrogen and oxygen atoms in total. The van der Waals surface area contributed by atoms with Crippen molar-refractivity contribution in [3.8, 4) is 5.75 Å². The van der Waals surface area contributed by atoms with E-state index in [1.807, 2.05) is 0 Å². The van der Waals surface area contributed by atoms with E-state index in [1.165, 1.54) is 30.3 Å². The number of aldehydes is 1. The van der Waals surface area contributed by atoms with Crippen molar-refractivity contribution in [3.63, 3.8) is 0 Å². The largest absolute Gasteiger partial charge is 0.507 e. The highest BCUT2D eigenvalue weighted by atomic mass is 19.4. The molecule has 23 heavy (non-hydrogen) atoms. The zero-order valence-electron chi connectivity index (χ0n) is 11.7. The molecule has 1 amide bonds. The Morgan fingerprint density at radius 2 is 1.78 bits per heavy atom. The van der Waals surface area contributed by atoms with Gasteiger partial charge in [0.05, 0.1) is 11.1 Å². The average Bonchev–Trinajstić information content (AvgIpc) is 2.52. The minimum atomic E-state index is -4.41. The van der Waals surface area contributed by atoms with E-state index in [0.29, 0.717) is 11.8 Å². The zero-order valence-corrected chi connectivity index (χ0v) is 11.7. The lowest BCUT2D eigenvalue weighted by atomic mass is 10.1. The Balaban J connectivity index is 2.06. The SMILES string of the molecule is O=Cc1ccc(O)c(C(=O)NCc2ccc(C(F)(F)F)cc2)c1. The maximum atomic E-state index is 12.4. The first-order valence-electron chi connectivity index (χ1n) is 6.54. The molecular formula is C16H12F3NO3. The number of phenols is 1. The molecule has 0 bridgehead atoms. The number of hydrogen-bond acceptors (Lipinski definition) is 3. The highest BCUT2D eigenvalue weighted by molar-refractivity contribution is 5.98. The number of amides is 1. The molecule has 0 saturated carbocycles. The van der Waals surface area contributed by atoms with Crippen molar-refractivity contribution in [1.82, 2.24) is 5.32 Å². The lowest BCUT2D eigenvalue weighted by Crippen LogP contribution is -2.23. The topological polar surface area (TPSA) is 66.4 Å². The van der Waals surface area contributed by atoms with Crippen LogP contribution in [0.1, 0.15) is 31.8 Å². The molecule has 2 rings (SSSR count). The number of halogens is 3. The van der Waals surface area contributed by atoms with E-state index in [9.17, 15) is 27.9 Å². The first-order chi connectivity index (χ1) is 10.8. The minimum Gasteiger partial charge on any atom is -0.507 e. The summed E-state index contributed by atoms with van der Waals surface area (Å²) in [6.07, 6.45) is -3.88. The van der Waals surface area contributed by atoms with Crippen molar-refractivity contribution in [1.29, 1.82) is 0 Å². The molecular weight excluding hydrogens is 311 g/mol. The second-order valence-corrected chi connectivity index (χ2v) is 4.77. The summed E-state index contributed by atoms with van der Waals surface area (Å²) in [5, 5.41) is 12.1. The molecule has 0 aliphatic carbocycles. The number of hydrogen-bond donors (Lipinski definition) is 2. The van der Waals surface area contributed by atoms with Crippen LogP contribution in [0.2, 0.25) is 0 Å². The van der Waals surface area contributed by atoms with E-state index >= 15 is 0 Å². The van der Waals surface area contributed by atoms with Gasteiger partial charge in [0.25, 0.3) is 5.91 Å². The van der Waals surface area contributed by atoms with Crippen molar-refractivity contribution in [2.24, 2.45) is 0 Å². The van der Waals surface area contributed by atoms with Gasteiger partial charge in [-0.2, -0.15) is 13.2 Å². The van der Waals surface area contributed by atoms with Crippen LogP contribution in [0.5, 0.6) is 5.75 Å². The molecule has 2 N–H and O–H groups in total. The van der Waals surface area contributed by atoms with Gasteiger partial charge in [-0.15, -0.1) is 0 Å². The van der Waals surface area contributed by atoms with Gasteiger partial charge in [-0.25, -0.2) is 0 Å². The van der Waals surface area contributed by atoms with E-state index in [0.717, 1.165) is 12.1 Å². The number of carbonyl (C=O) groups excluding carboxylic acids is 2. The number of alkyl halides is 3. The van der Waals surface area contributed by atoms with Crippen LogP contribution in [0, 0.1) is 0 Å². The van der Waals surface area contributed by atoms with Gasteiger partial charge in [-0.1, -0.05) is 12.1 Å². The molecule has 0 aliphatic heterocycles. The number of carbonyl (C=O) groups is 2. The number of phenolic OH excluding ortho intramolecular Hbond substituents is 1. The zero-order chi connectivity index (χ0) is 17.0. The number of nitrogens with one attached hydrogen (secondary N) is 1. The van der Waals surface area contributed by atoms with Crippen LogP contribution in [0.15, 0.2) is 42.5 Å². The molecule has 0 atom stereocenters. The summed E-state index contributed by atoms with van der Waals surface area (Å²) in [7, 11) is 0. The second-order valence-electron chi connectivity index (χ2n) is 4.77. The fourth-order valence-corrected chi connectivity index (χ4v) is 1.90. The molecule has 120 valence electrons. The predicted molar refractivity (Wildman–Crippen MR) is 76.1 cm³/mol. The van der Waals surface area contributed by atoms with Gasteiger partial charge in [0.2, 0.25) is 0 Å². The third-order valence-electron chi connectivity index (χ3n) is 3.14. The number of rotatable bonds is 4. The summed E-state index contributed by atoms with van der Waals surface area (Å²) in [4.78, 5) is 22.6. The van der Waals surface area contributed by atoms with Gasteiger partial charge in [0.1, 0.15) is 12.0 Å². The Labute approximate surface area is 129 Å². The van der Waals surface area contributed by atoms with Gasteiger partial charge in [0, 0.05) is 12.1 Å². The van der Waals surface area contributed by atoms with Crippen molar-refractivity contribution in [2.45, 2.75) is 12.7 Å². The van der Waals surface area contributed by atoms with E-state index in [4.69, 9.17) is 0 Å². The van der Waals surface area contributed by atoms with E-state index in [1.54, 1.807) is 0 Å². The molecule has 0 aliphatic rings. The van der Waals surface area contributed by atoms with Crippen LogP contribution in [0.4, 0.5) is 13.2 Å². The van der Waals surface area contributed by atoms with Crippen LogP contribution < -0.4 is 5.32 Å². The summed E-state index contributed by atoms with van der Waals surface area (Å²) >= 11 is 0. The normalized spacial score (nSPS) is 11.1. The summed E-state index contributed by atoms with van der Waals surface area (Å²) < 4.78 is 37.3. The van der Waals surface area contributed by atoms with Gasteiger partial charge in [0.15, 0.2) is 0 Å². The Morgan fingerprint density at radius 1 is 1.13 bits per heavy atom. The van der Waals surface area contributed by atoms with Crippen LogP contribution in [0.3, 0.4) is 0 Å². The summed E-state index contributed by atoms with van der Waals surface area (Å²) in [5.74, 6) is -0.924. The van der Waals surface area contributed by atoms with E-state index < -0.39 is 17.6 Å². The molecule has 0 aromatic heterocycles. The van der Waals surface area contributed by atoms with E-state index in [-0.39, 0.29) is 23.4 Å². The lowest BCUT2D eigenvalue weighted by molar-refractivity contribution is -0.137. The standard InChI is InChI=1S/C16H12F3NO3/c17-16(18,19)12-4-1-10(2-5-12)8-20-15(23)13-7-11(9-21)3-6-14(13)22/h1-7,9,22H,8H2,(H,20,23). The second kappa shape index (κ2) is 6.51. The Bertz CT molecular complexity index is 724. The molecule has 0 unspecified atom stereocenters. The number of benzene rings is 2. The maximum Gasteiger partial charge on any atom is 0.416 e. The molecule has 0 saturated heterocycles. The molecule has 0 heterocycles. The molecule has 2 aromatic carbocycles. The minimum absolute atomic E-state index is 0.0122. The first-order valence-corrected chi connectivity index (χ1v) is 6.54.